The van der Waals surface area contributed by atoms with Crippen molar-refractivity contribution in [1.82, 2.24) is 5.32 Å². The van der Waals surface area contributed by atoms with E-state index in [0.29, 0.717) is 22.7 Å². The number of carbonyl (C=O) groups excluding carboxylic acids is 1. The average molecular weight is 424 g/mol. The number of methoxy groups -OCH3 is 1. The van der Waals surface area contributed by atoms with E-state index in [1.54, 1.807) is 19.2 Å². The average Bonchev–Trinajstić information content (AvgIpc) is 2.78. The van der Waals surface area contributed by atoms with E-state index in [9.17, 15) is 9.59 Å². The van der Waals surface area contributed by atoms with E-state index in [-0.39, 0.29) is 11.9 Å². The summed E-state index contributed by atoms with van der Waals surface area (Å²) in [7, 11) is 3.43. The molecule has 0 saturated heterocycles. The normalized spacial score (nSPS) is 11.9. The lowest BCUT2D eigenvalue weighted by molar-refractivity contribution is -0.117. The molecule has 0 aliphatic heterocycles. The summed E-state index contributed by atoms with van der Waals surface area (Å²) in [5, 5.41) is 6.99. The summed E-state index contributed by atoms with van der Waals surface area (Å²) in [5.41, 5.74) is 2.16. The minimum Gasteiger partial charge on any atom is -0.495 e. The summed E-state index contributed by atoms with van der Waals surface area (Å²) in [4.78, 5) is 26.6. The van der Waals surface area contributed by atoms with Crippen molar-refractivity contribution in [1.29, 1.82) is 0 Å². The molecule has 2 aromatic carbocycles. The third-order valence-corrected chi connectivity index (χ3v) is 5.19. The molecular weight excluding hydrogens is 394 g/mol. The van der Waals surface area contributed by atoms with Crippen molar-refractivity contribution in [2.24, 2.45) is 0 Å². The second-order valence-corrected chi connectivity index (χ2v) is 7.41. The van der Waals surface area contributed by atoms with Crippen molar-refractivity contribution in [2.45, 2.75) is 32.7 Å². The van der Waals surface area contributed by atoms with Crippen molar-refractivity contribution in [3.05, 3.63) is 59.0 Å². The summed E-state index contributed by atoms with van der Waals surface area (Å²) < 4.78 is 10.7. The highest BCUT2D eigenvalue weighted by Gasteiger charge is 2.17. The van der Waals surface area contributed by atoms with Gasteiger partial charge in [0.05, 0.1) is 24.5 Å². The largest absolute Gasteiger partial charge is 0.495 e. The number of hydrogen-bond acceptors (Lipinski definition) is 6. The zero-order chi connectivity index (χ0) is 22.4. The standard InChI is InChI=1S/C24H29N3O4/c1-5-6-13-25-16(2)24(29)26-19-14-17(11-12-22(19)30-4)27(3)20-15-23(28)31-21-10-8-7-9-18(20)21/h7-12,14-16,25H,5-6,13H2,1-4H3,(H,26,29). The van der Waals surface area contributed by atoms with Gasteiger partial charge in [-0.15, -0.1) is 0 Å². The monoisotopic (exact) mass is 423 g/mol. The van der Waals surface area contributed by atoms with E-state index in [1.807, 2.05) is 49.2 Å². The number of unbranched alkanes of at least 4 members (excludes halogenated alkanes) is 1. The quantitative estimate of drug-likeness (QED) is 0.395. The van der Waals surface area contributed by atoms with Gasteiger partial charge in [0.1, 0.15) is 11.3 Å². The van der Waals surface area contributed by atoms with Crippen molar-refractivity contribution < 1.29 is 13.9 Å². The molecule has 3 rings (SSSR count). The molecule has 0 aliphatic carbocycles. The van der Waals surface area contributed by atoms with E-state index < -0.39 is 5.63 Å². The molecule has 0 radical (unpaired) electrons. The van der Waals surface area contributed by atoms with Crippen molar-refractivity contribution in [3.63, 3.8) is 0 Å². The van der Waals surface area contributed by atoms with Gasteiger partial charge in [-0.05, 0) is 50.2 Å². The summed E-state index contributed by atoms with van der Waals surface area (Å²) in [6.07, 6.45) is 2.08. The number of anilines is 3. The molecule has 2 N–H and O–H groups in total. The highest BCUT2D eigenvalue weighted by molar-refractivity contribution is 5.97. The van der Waals surface area contributed by atoms with Crippen LogP contribution in [-0.2, 0) is 4.79 Å². The third kappa shape index (κ3) is 5.24. The fourth-order valence-corrected chi connectivity index (χ4v) is 3.34. The summed E-state index contributed by atoms with van der Waals surface area (Å²) in [6.45, 7) is 4.73. The molecule has 0 aliphatic rings. The van der Waals surface area contributed by atoms with Crippen LogP contribution >= 0.6 is 0 Å². The lowest BCUT2D eigenvalue weighted by Crippen LogP contribution is -2.38. The maximum Gasteiger partial charge on any atom is 0.338 e. The molecule has 0 fully saturated rings. The van der Waals surface area contributed by atoms with Crippen molar-refractivity contribution in [2.75, 3.05) is 30.9 Å². The Labute approximate surface area is 182 Å². The van der Waals surface area contributed by atoms with E-state index in [1.165, 1.54) is 6.07 Å². The molecule has 31 heavy (non-hydrogen) atoms. The Kier molecular flexibility index (Phi) is 7.31. The first-order chi connectivity index (χ1) is 14.9. The lowest BCUT2D eigenvalue weighted by atomic mass is 10.1. The number of para-hydroxylation sites is 1. The SMILES string of the molecule is CCCCNC(C)C(=O)Nc1cc(N(C)c2cc(=O)oc3ccccc23)ccc1OC. The van der Waals surface area contributed by atoms with Crippen LogP contribution in [0.5, 0.6) is 5.75 Å². The minimum atomic E-state index is -0.422. The third-order valence-electron chi connectivity index (χ3n) is 5.19. The predicted molar refractivity (Wildman–Crippen MR) is 125 cm³/mol. The Hall–Kier alpha value is -3.32. The number of nitrogens with zero attached hydrogens (tertiary/aromatic N) is 1. The van der Waals surface area contributed by atoms with Crippen LogP contribution in [0.2, 0.25) is 0 Å². The second kappa shape index (κ2) is 10.1. The molecule has 0 saturated carbocycles. The van der Waals surface area contributed by atoms with E-state index >= 15 is 0 Å². The maximum absolute atomic E-state index is 12.6. The maximum atomic E-state index is 12.6. The van der Waals surface area contributed by atoms with Gasteiger partial charge in [0.15, 0.2) is 0 Å². The van der Waals surface area contributed by atoms with E-state index in [4.69, 9.17) is 9.15 Å². The van der Waals surface area contributed by atoms with E-state index in [2.05, 4.69) is 17.6 Å². The van der Waals surface area contributed by atoms with Gasteiger partial charge >= 0.3 is 5.63 Å². The molecule has 1 aromatic heterocycles. The van der Waals surface area contributed by atoms with Gasteiger partial charge in [-0.3, -0.25) is 4.79 Å². The topological polar surface area (TPSA) is 83.8 Å². The van der Waals surface area contributed by atoms with Gasteiger partial charge < -0.3 is 24.7 Å². The van der Waals surface area contributed by atoms with Crippen LogP contribution in [0.1, 0.15) is 26.7 Å². The highest BCUT2D eigenvalue weighted by atomic mass is 16.5. The lowest BCUT2D eigenvalue weighted by Gasteiger charge is -2.23. The summed E-state index contributed by atoms with van der Waals surface area (Å²) in [5.74, 6) is 0.420. The Morgan fingerprint density at radius 3 is 2.71 bits per heavy atom. The zero-order valence-corrected chi connectivity index (χ0v) is 18.4. The molecule has 1 unspecified atom stereocenters. The second-order valence-electron chi connectivity index (χ2n) is 7.41. The Balaban J connectivity index is 1.90. The van der Waals surface area contributed by atoms with Gasteiger partial charge in [-0.2, -0.15) is 0 Å². The molecule has 1 atom stereocenters. The Bertz CT molecular complexity index is 1110. The van der Waals surface area contributed by atoms with Gasteiger partial charge in [0.2, 0.25) is 5.91 Å². The summed E-state index contributed by atoms with van der Waals surface area (Å²) in [6, 6.07) is 14.0. The number of hydrogen-bond donors (Lipinski definition) is 2. The molecule has 3 aromatic rings. The van der Waals surface area contributed by atoms with Crippen LogP contribution in [0.15, 0.2) is 57.7 Å². The van der Waals surface area contributed by atoms with Crippen molar-refractivity contribution >= 4 is 33.9 Å². The first-order valence-electron chi connectivity index (χ1n) is 10.4. The predicted octanol–water partition coefficient (Wildman–Crippen LogP) is 4.29. The molecule has 7 nitrogen and oxygen atoms in total. The molecule has 164 valence electrons. The molecular formula is C24H29N3O4. The first-order valence-corrected chi connectivity index (χ1v) is 10.4. The number of nitrogens with one attached hydrogen (secondary N) is 2. The molecule has 0 spiro atoms. The highest BCUT2D eigenvalue weighted by Crippen LogP contribution is 2.34. The van der Waals surface area contributed by atoms with Crippen LogP contribution in [0.3, 0.4) is 0 Å². The van der Waals surface area contributed by atoms with Crippen LogP contribution in [-0.4, -0.2) is 32.7 Å². The Morgan fingerprint density at radius 1 is 1.19 bits per heavy atom. The number of amides is 1. The van der Waals surface area contributed by atoms with Gasteiger partial charge in [-0.1, -0.05) is 25.5 Å². The zero-order valence-electron chi connectivity index (χ0n) is 18.4. The van der Waals surface area contributed by atoms with Crippen LogP contribution in [0.4, 0.5) is 17.1 Å². The number of rotatable bonds is 9. The molecule has 7 heteroatoms. The van der Waals surface area contributed by atoms with Crippen LogP contribution in [0, 0.1) is 0 Å². The number of carbonyl (C=O) groups is 1. The number of ether oxygens (including phenoxy) is 1. The minimum absolute atomic E-state index is 0.139. The van der Waals surface area contributed by atoms with Gasteiger partial charge in [0.25, 0.3) is 0 Å². The van der Waals surface area contributed by atoms with E-state index in [0.717, 1.165) is 30.5 Å². The molecule has 1 heterocycles. The number of benzene rings is 2. The van der Waals surface area contributed by atoms with Crippen molar-refractivity contribution in [3.8, 4) is 5.75 Å². The smallest absolute Gasteiger partial charge is 0.338 e. The fraction of sp³-hybridized carbons (Fsp3) is 0.333. The molecule has 0 bridgehead atoms. The first kappa shape index (κ1) is 22.4. The fourth-order valence-electron chi connectivity index (χ4n) is 3.34. The van der Waals surface area contributed by atoms with Gasteiger partial charge in [-0.25, -0.2) is 4.79 Å². The van der Waals surface area contributed by atoms with Crippen LogP contribution < -0.4 is 25.9 Å². The Morgan fingerprint density at radius 2 is 1.97 bits per heavy atom. The van der Waals surface area contributed by atoms with Gasteiger partial charge in [0, 0.05) is 24.2 Å². The number of fused-ring (bicyclic) bond motifs is 1. The van der Waals surface area contributed by atoms with Crippen LogP contribution in [0.25, 0.3) is 11.0 Å². The summed E-state index contributed by atoms with van der Waals surface area (Å²) >= 11 is 0. The molecule has 1 amide bonds.